The Balaban J connectivity index is 1.31. The Morgan fingerprint density at radius 2 is 1.77 bits per heavy atom. The van der Waals surface area contributed by atoms with Gasteiger partial charge in [-0.15, -0.1) is 10.2 Å². The Labute approximate surface area is 172 Å². The summed E-state index contributed by atoms with van der Waals surface area (Å²) in [5, 5.41) is 7.72. The van der Waals surface area contributed by atoms with Gasteiger partial charge in [0.05, 0.1) is 17.1 Å². The second-order valence-electron chi connectivity index (χ2n) is 6.40. The van der Waals surface area contributed by atoms with Gasteiger partial charge in [0.25, 0.3) is 5.89 Å². The van der Waals surface area contributed by atoms with E-state index in [9.17, 15) is 13.2 Å². The first-order valence-corrected chi connectivity index (χ1v) is 10.8. The van der Waals surface area contributed by atoms with E-state index >= 15 is 0 Å². The molecule has 2 aromatic carbocycles. The van der Waals surface area contributed by atoms with E-state index in [1.165, 1.54) is 12.1 Å². The highest BCUT2D eigenvalue weighted by molar-refractivity contribution is 7.91. The average Bonchev–Trinajstić information content (AvgIpc) is 3.26. The lowest BCUT2D eigenvalue weighted by Crippen LogP contribution is -2.17. The van der Waals surface area contributed by atoms with E-state index < -0.39 is 21.6 Å². The van der Waals surface area contributed by atoms with Gasteiger partial charge in [-0.2, -0.15) is 0 Å². The van der Waals surface area contributed by atoms with Gasteiger partial charge in [0.2, 0.25) is 5.89 Å². The third kappa shape index (κ3) is 4.60. The number of ether oxygens (including phenoxy) is 3. The van der Waals surface area contributed by atoms with Crippen LogP contribution in [0.15, 0.2) is 57.8 Å². The zero-order valence-electron chi connectivity index (χ0n) is 15.8. The molecule has 2 heterocycles. The van der Waals surface area contributed by atoms with Crippen LogP contribution in [0, 0.1) is 0 Å². The van der Waals surface area contributed by atoms with Crippen molar-refractivity contribution in [1.29, 1.82) is 0 Å². The first kappa shape index (κ1) is 19.9. The van der Waals surface area contributed by atoms with Crippen molar-refractivity contribution in [3.63, 3.8) is 0 Å². The summed E-state index contributed by atoms with van der Waals surface area (Å²) in [6, 6.07) is 13.5. The van der Waals surface area contributed by atoms with E-state index in [1.807, 2.05) is 30.3 Å². The highest BCUT2D eigenvalue weighted by Gasteiger charge is 2.21. The largest absolute Gasteiger partial charge is 0.486 e. The van der Waals surface area contributed by atoms with Gasteiger partial charge in [-0.3, -0.25) is 4.79 Å². The lowest BCUT2D eigenvalue weighted by molar-refractivity contribution is -0.145. The molecule has 0 radical (unpaired) electrons. The molecule has 0 spiro atoms. The number of aromatic nitrogens is 2. The van der Waals surface area contributed by atoms with Crippen LogP contribution in [0.25, 0.3) is 11.5 Å². The summed E-state index contributed by atoms with van der Waals surface area (Å²) in [6.07, 6.45) is -0.309. The predicted molar refractivity (Wildman–Crippen MR) is 104 cm³/mol. The van der Waals surface area contributed by atoms with E-state index in [4.69, 9.17) is 18.6 Å². The molecule has 30 heavy (non-hydrogen) atoms. The van der Waals surface area contributed by atoms with Crippen LogP contribution in [0.2, 0.25) is 0 Å². The molecule has 156 valence electrons. The normalized spacial score (nSPS) is 13.1. The Bertz CT molecular complexity index is 1140. The quantitative estimate of drug-likeness (QED) is 0.521. The summed E-state index contributed by atoms with van der Waals surface area (Å²) < 4.78 is 46.3. The number of fused-ring (bicyclic) bond motifs is 1. The molecule has 0 bridgehead atoms. The maximum atomic E-state index is 12.5. The lowest BCUT2D eigenvalue weighted by atomic mass is 10.2. The number of carbonyl (C=O) groups excluding carboxylic acids is 1. The molecule has 4 rings (SSSR count). The third-order valence-corrected chi connectivity index (χ3v) is 6.01. The summed E-state index contributed by atoms with van der Waals surface area (Å²) in [5.41, 5.74) is 0.744. The molecule has 3 aromatic rings. The molecular weight excluding hydrogens is 412 g/mol. The third-order valence-electron chi connectivity index (χ3n) is 4.29. The van der Waals surface area contributed by atoms with Crippen LogP contribution in [-0.2, 0) is 26.0 Å². The molecule has 0 saturated carbocycles. The maximum Gasteiger partial charge on any atom is 0.307 e. The fourth-order valence-corrected chi connectivity index (χ4v) is 4.01. The van der Waals surface area contributed by atoms with Gasteiger partial charge < -0.3 is 18.6 Å². The van der Waals surface area contributed by atoms with E-state index in [0.29, 0.717) is 30.6 Å². The molecule has 9 nitrogen and oxygen atoms in total. The number of hydrogen-bond donors (Lipinski definition) is 0. The number of rotatable bonds is 7. The molecule has 1 aliphatic heterocycles. The maximum absolute atomic E-state index is 12.5. The predicted octanol–water partition coefficient (Wildman–Crippen LogP) is 2.42. The fourth-order valence-electron chi connectivity index (χ4n) is 2.78. The SMILES string of the molecule is O=C(CCS(=O)(=O)c1ccc2c(c1)OCCO2)OCc1nnc(-c2ccccc2)o1. The standard InChI is InChI=1S/C20H18N2O7S/c23-19(28-13-18-21-22-20(29-18)14-4-2-1-3-5-14)8-11-30(24,25)15-6-7-16-17(12-15)27-10-9-26-16/h1-7,12H,8-11,13H2. The van der Waals surface area contributed by atoms with Gasteiger partial charge in [-0.05, 0) is 24.3 Å². The Kier molecular flexibility index (Phi) is 5.66. The van der Waals surface area contributed by atoms with Crippen molar-refractivity contribution in [2.75, 3.05) is 19.0 Å². The summed E-state index contributed by atoms with van der Waals surface area (Å²) >= 11 is 0. The van der Waals surface area contributed by atoms with Gasteiger partial charge in [0.15, 0.2) is 27.9 Å². The van der Waals surface area contributed by atoms with Gasteiger partial charge in [-0.25, -0.2) is 8.42 Å². The minimum atomic E-state index is -3.69. The van der Waals surface area contributed by atoms with Crippen LogP contribution in [-0.4, -0.2) is 43.6 Å². The molecule has 10 heteroatoms. The van der Waals surface area contributed by atoms with Gasteiger partial charge in [-0.1, -0.05) is 18.2 Å². The number of nitrogens with zero attached hydrogens (tertiary/aromatic N) is 2. The van der Waals surface area contributed by atoms with Crippen molar-refractivity contribution in [2.45, 2.75) is 17.9 Å². The highest BCUT2D eigenvalue weighted by atomic mass is 32.2. The van der Waals surface area contributed by atoms with Crippen LogP contribution in [0.1, 0.15) is 12.3 Å². The Morgan fingerprint density at radius 3 is 2.57 bits per heavy atom. The first-order valence-electron chi connectivity index (χ1n) is 9.17. The van der Waals surface area contributed by atoms with E-state index in [-0.39, 0.29) is 23.8 Å². The van der Waals surface area contributed by atoms with E-state index in [1.54, 1.807) is 6.07 Å². The summed E-state index contributed by atoms with van der Waals surface area (Å²) in [7, 11) is -3.69. The molecule has 0 atom stereocenters. The van der Waals surface area contributed by atoms with Crippen LogP contribution >= 0.6 is 0 Å². The highest BCUT2D eigenvalue weighted by Crippen LogP contribution is 2.32. The van der Waals surface area contributed by atoms with Crippen molar-refractivity contribution in [3.8, 4) is 23.0 Å². The molecule has 0 fully saturated rings. The van der Waals surface area contributed by atoms with Crippen LogP contribution in [0.3, 0.4) is 0 Å². The number of hydrogen-bond acceptors (Lipinski definition) is 9. The number of carbonyl (C=O) groups is 1. The van der Waals surface area contributed by atoms with E-state index in [0.717, 1.165) is 5.56 Å². The van der Waals surface area contributed by atoms with Crippen LogP contribution < -0.4 is 9.47 Å². The van der Waals surface area contributed by atoms with Crippen molar-refractivity contribution in [1.82, 2.24) is 10.2 Å². The van der Waals surface area contributed by atoms with Crippen molar-refractivity contribution < 1.29 is 31.8 Å². The number of esters is 1. The van der Waals surface area contributed by atoms with Crippen LogP contribution in [0.5, 0.6) is 11.5 Å². The molecular formula is C20H18N2O7S. The summed E-state index contributed by atoms with van der Waals surface area (Å²) in [5.74, 6) is 0.213. The van der Waals surface area contributed by atoms with Crippen molar-refractivity contribution >= 4 is 15.8 Å². The lowest BCUT2D eigenvalue weighted by Gasteiger charge is -2.18. The van der Waals surface area contributed by atoms with Crippen LogP contribution in [0.4, 0.5) is 0 Å². The Hall–Kier alpha value is -3.40. The smallest absolute Gasteiger partial charge is 0.307 e. The second kappa shape index (κ2) is 8.54. The monoisotopic (exact) mass is 430 g/mol. The Morgan fingerprint density at radius 1 is 1.00 bits per heavy atom. The summed E-state index contributed by atoms with van der Waals surface area (Å²) in [6.45, 7) is 0.533. The van der Waals surface area contributed by atoms with Gasteiger partial charge in [0.1, 0.15) is 13.2 Å². The van der Waals surface area contributed by atoms with Crippen molar-refractivity contribution in [3.05, 3.63) is 54.4 Å². The van der Waals surface area contributed by atoms with E-state index in [2.05, 4.69) is 10.2 Å². The molecule has 0 saturated heterocycles. The molecule has 0 amide bonds. The van der Waals surface area contributed by atoms with Gasteiger partial charge in [0, 0.05) is 11.6 Å². The minimum Gasteiger partial charge on any atom is -0.486 e. The molecule has 1 aliphatic rings. The number of sulfone groups is 1. The summed E-state index contributed by atoms with van der Waals surface area (Å²) in [4.78, 5) is 12.0. The first-order chi connectivity index (χ1) is 14.5. The molecule has 1 aromatic heterocycles. The zero-order valence-corrected chi connectivity index (χ0v) is 16.6. The number of benzene rings is 2. The molecule has 0 N–H and O–H groups in total. The average molecular weight is 430 g/mol. The molecule has 0 aliphatic carbocycles. The minimum absolute atomic E-state index is 0.0592. The fraction of sp³-hybridized carbons (Fsp3) is 0.250. The second-order valence-corrected chi connectivity index (χ2v) is 8.51. The molecule has 0 unspecified atom stereocenters. The van der Waals surface area contributed by atoms with Crippen molar-refractivity contribution in [2.24, 2.45) is 0 Å². The zero-order chi connectivity index (χ0) is 21.0. The topological polar surface area (TPSA) is 118 Å². The van der Waals surface area contributed by atoms with Gasteiger partial charge >= 0.3 is 5.97 Å².